The zero-order valence-electron chi connectivity index (χ0n) is 15.8. The van der Waals surface area contributed by atoms with Crippen molar-refractivity contribution in [2.24, 2.45) is 0 Å². The van der Waals surface area contributed by atoms with Crippen LogP contribution in [0.5, 0.6) is 0 Å². The molecule has 0 unspecified atom stereocenters. The molecule has 0 radical (unpaired) electrons. The molecular weight excluding hydrogens is 324 g/mol. The fourth-order valence-electron chi connectivity index (χ4n) is 3.84. The lowest BCUT2D eigenvalue weighted by molar-refractivity contribution is 0.0791. The number of hydrogen-bond acceptors (Lipinski definition) is 3. The van der Waals surface area contributed by atoms with Crippen LogP contribution in [0.15, 0.2) is 59.5 Å². The average molecular weight is 355 g/mol. The van der Waals surface area contributed by atoms with E-state index in [1.807, 2.05) is 18.8 Å². The molecule has 0 aromatic heterocycles. The lowest BCUT2D eigenvalue weighted by atomic mass is 9.81. The van der Waals surface area contributed by atoms with Crippen LogP contribution in [-0.2, 0) is 0 Å². The molecule has 1 saturated heterocycles. The molecule has 2 nitrogen and oxygen atoms in total. The van der Waals surface area contributed by atoms with Crippen LogP contribution >= 0.6 is 11.8 Å². The van der Waals surface area contributed by atoms with E-state index in [9.17, 15) is 0 Å². The minimum atomic E-state index is 0.218. The standard InChI is InChI=1S/C22H30N2S/c1-22(2,3)25-20-15-9-8-13-18(20)19-14-10-16-24(23-4)21(19)17-11-6-5-7-12-17/h5-9,11-13,15,19,21,23H,10,14,16H2,1-4H3/t19-,21+/m0/s1. The quantitative estimate of drug-likeness (QED) is 0.716. The predicted molar refractivity (Wildman–Crippen MR) is 109 cm³/mol. The van der Waals surface area contributed by atoms with Gasteiger partial charge in [-0.3, -0.25) is 5.43 Å². The van der Waals surface area contributed by atoms with Crippen molar-refractivity contribution in [1.29, 1.82) is 0 Å². The maximum atomic E-state index is 3.45. The number of benzene rings is 2. The van der Waals surface area contributed by atoms with Crippen molar-refractivity contribution in [2.45, 2.75) is 55.2 Å². The summed E-state index contributed by atoms with van der Waals surface area (Å²) < 4.78 is 0.218. The van der Waals surface area contributed by atoms with Gasteiger partial charge in [-0.05, 0) is 37.1 Å². The highest BCUT2D eigenvalue weighted by Crippen LogP contribution is 2.46. The predicted octanol–water partition coefficient (Wildman–Crippen LogP) is 5.63. The van der Waals surface area contributed by atoms with Crippen molar-refractivity contribution < 1.29 is 0 Å². The average Bonchev–Trinajstić information content (AvgIpc) is 2.61. The molecular formula is C22H30N2S. The van der Waals surface area contributed by atoms with Crippen molar-refractivity contribution in [2.75, 3.05) is 13.6 Å². The largest absolute Gasteiger partial charge is 0.258 e. The van der Waals surface area contributed by atoms with Crippen LogP contribution in [0.1, 0.15) is 56.7 Å². The Morgan fingerprint density at radius 3 is 2.36 bits per heavy atom. The van der Waals surface area contributed by atoms with Crippen molar-refractivity contribution in [3.8, 4) is 0 Å². The minimum absolute atomic E-state index is 0.218. The third-order valence-corrected chi connectivity index (χ3v) is 6.00. The van der Waals surface area contributed by atoms with Gasteiger partial charge in [0.25, 0.3) is 0 Å². The van der Waals surface area contributed by atoms with Gasteiger partial charge in [0.05, 0.1) is 6.04 Å². The molecule has 0 bridgehead atoms. The maximum Gasteiger partial charge on any atom is 0.0561 e. The number of nitrogens with zero attached hydrogens (tertiary/aromatic N) is 1. The second-order valence-electron chi connectivity index (χ2n) is 7.77. The summed E-state index contributed by atoms with van der Waals surface area (Å²) in [6, 6.07) is 20.3. The number of hydrazine groups is 1. The summed E-state index contributed by atoms with van der Waals surface area (Å²) in [5, 5.41) is 2.42. The van der Waals surface area contributed by atoms with Gasteiger partial charge < -0.3 is 0 Å². The van der Waals surface area contributed by atoms with Gasteiger partial charge in [-0.25, -0.2) is 5.01 Å². The number of nitrogens with one attached hydrogen (secondary N) is 1. The summed E-state index contributed by atoms with van der Waals surface area (Å²) in [5.74, 6) is 0.509. The number of rotatable bonds is 4. The van der Waals surface area contributed by atoms with Crippen LogP contribution < -0.4 is 5.43 Å². The van der Waals surface area contributed by atoms with E-state index in [1.54, 1.807) is 0 Å². The van der Waals surface area contributed by atoms with Crippen LogP contribution in [0.3, 0.4) is 0 Å². The second kappa shape index (κ2) is 7.94. The maximum absolute atomic E-state index is 3.45. The third-order valence-electron chi connectivity index (χ3n) is 4.79. The van der Waals surface area contributed by atoms with Crippen LogP contribution in [0.25, 0.3) is 0 Å². The first-order valence-electron chi connectivity index (χ1n) is 9.26. The molecule has 3 heteroatoms. The number of piperidine rings is 1. The molecule has 1 fully saturated rings. The molecule has 3 rings (SSSR count). The molecule has 1 heterocycles. The van der Waals surface area contributed by atoms with E-state index in [4.69, 9.17) is 0 Å². The van der Waals surface area contributed by atoms with Crippen molar-refractivity contribution in [1.82, 2.24) is 10.4 Å². The first kappa shape index (κ1) is 18.5. The topological polar surface area (TPSA) is 15.3 Å². The van der Waals surface area contributed by atoms with E-state index in [2.05, 4.69) is 85.8 Å². The molecule has 134 valence electrons. The summed E-state index contributed by atoms with van der Waals surface area (Å²) in [7, 11) is 2.05. The smallest absolute Gasteiger partial charge is 0.0561 e. The van der Waals surface area contributed by atoms with Gasteiger partial charge in [0.2, 0.25) is 0 Å². The summed E-state index contributed by atoms with van der Waals surface area (Å²) in [5.41, 5.74) is 6.34. The molecule has 0 spiro atoms. The van der Waals surface area contributed by atoms with E-state index >= 15 is 0 Å². The molecule has 0 saturated carbocycles. The van der Waals surface area contributed by atoms with Gasteiger partial charge >= 0.3 is 0 Å². The summed E-state index contributed by atoms with van der Waals surface area (Å²) in [6.07, 6.45) is 2.46. The first-order chi connectivity index (χ1) is 12.0. The molecule has 1 aliphatic rings. The van der Waals surface area contributed by atoms with Gasteiger partial charge in [-0.2, -0.15) is 0 Å². The lowest BCUT2D eigenvalue weighted by Gasteiger charge is -2.42. The van der Waals surface area contributed by atoms with Gasteiger partial charge in [0.1, 0.15) is 0 Å². The Kier molecular flexibility index (Phi) is 5.88. The molecule has 0 amide bonds. The molecule has 2 aromatic carbocycles. The monoisotopic (exact) mass is 354 g/mol. The number of thioether (sulfide) groups is 1. The van der Waals surface area contributed by atoms with Crippen LogP contribution in [0, 0.1) is 0 Å². The first-order valence-corrected chi connectivity index (χ1v) is 10.1. The van der Waals surface area contributed by atoms with E-state index in [-0.39, 0.29) is 4.75 Å². The fourth-order valence-corrected chi connectivity index (χ4v) is 4.99. The van der Waals surface area contributed by atoms with Gasteiger partial charge in [0.15, 0.2) is 0 Å². The summed E-state index contributed by atoms with van der Waals surface area (Å²) >= 11 is 1.99. The fraction of sp³-hybridized carbons (Fsp3) is 0.455. The van der Waals surface area contributed by atoms with E-state index < -0.39 is 0 Å². The highest BCUT2D eigenvalue weighted by molar-refractivity contribution is 8.00. The summed E-state index contributed by atoms with van der Waals surface area (Å²) in [6.45, 7) is 7.98. The van der Waals surface area contributed by atoms with E-state index in [0.29, 0.717) is 12.0 Å². The van der Waals surface area contributed by atoms with Crippen molar-refractivity contribution in [3.05, 3.63) is 65.7 Å². The Morgan fingerprint density at radius 2 is 1.68 bits per heavy atom. The normalized spacial score (nSPS) is 22.1. The summed E-state index contributed by atoms with van der Waals surface area (Å²) in [4.78, 5) is 1.43. The third kappa shape index (κ3) is 4.46. The SMILES string of the molecule is CNN1CCC[C@@H](c2ccccc2SC(C)(C)C)[C@H]1c1ccccc1. The molecule has 1 aliphatic heterocycles. The molecule has 2 atom stereocenters. The van der Waals surface area contributed by atoms with Crippen molar-refractivity contribution in [3.63, 3.8) is 0 Å². The van der Waals surface area contributed by atoms with Crippen molar-refractivity contribution >= 4 is 11.8 Å². The zero-order valence-corrected chi connectivity index (χ0v) is 16.6. The molecule has 25 heavy (non-hydrogen) atoms. The minimum Gasteiger partial charge on any atom is -0.258 e. The van der Waals surface area contributed by atoms with Gasteiger partial charge in [-0.15, -0.1) is 11.8 Å². The van der Waals surface area contributed by atoms with Crippen LogP contribution in [0.2, 0.25) is 0 Å². The van der Waals surface area contributed by atoms with Gasteiger partial charge in [0, 0.05) is 22.1 Å². The molecule has 2 aromatic rings. The second-order valence-corrected chi connectivity index (χ2v) is 9.64. The molecule has 0 aliphatic carbocycles. The highest BCUT2D eigenvalue weighted by atomic mass is 32.2. The Morgan fingerprint density at radius 1 is 1.00 bits per heavy atom. The van der Waals surface area contributed by atoms with Crippen LogP contribution in [-0.4, -0.2) is 23.3 Å². The van der Waals surface area contributed by atoms with E-state index in [1.165, 1.54) is 28.9 Å². The Balaban J connectivity index is 2.02. The number of hydrogen-bond donors (Lipinski definition) is 1. The Bertz CT molecular complexity index is 678. The molecule has 1 N–H and O–H groups in total. The highest BCUT2D eigenvalue weighted by Gasteiger charge is 2.34. The Labute approximate surface area is 157 Å². The zero-order chi connectivity index (χ0) is 17.9. The van der Waals surface area contributed by atoms with Crippen LogP contribution in [0.4, 0.5) is 0 Å². The van der Waals surface area contributed by atoms with Gasteiger partial charge in [-0.1, -0.05) is 69.3 Å². The lowest BCUT2D eigenvalue weighted by Crippen LogP contribution is -2.45. The van der Waals surface area contributed by atoms with E-state index in [0.717, 1.165) is 6.54 Å². The Hall–Kier alpha value is -1.29.